The molecule has 2 nitrogen and oxygen atoms in total. The largest absolute Gasteiger partial charge is 0.372 e. The van der Waals surface area contributed by atoms with Crippen LogP contribution in [-0.2, 0) is 4.74 Å². The van der Waals surface area contributed by atoms with Gasteiger partial charge in [-0.3, -0.25) is 0 Å². The minimum absolute atomic E-state index is 0.247. The Labute approximate surface area is 119 Å². The summed E-state index contributed by atoms with van der Waals surface area (Å²) in [6, 6.07) is 8.47. The third-order valence-corrected chi connectivity index (χ3v) is 4.28. The molecule has 1 aliphatic rings. The van der Waals surface area contributed by atoms with Crippen LogP contribution in [0.3, 0.4) is 0 Å². The zero-order valence-electron chi connectivity index (χ0n) is 11.1. The molecule has 0 radical (unpaired) electrons. The van der Waals surface area contributed by atoms with Crippen LogP contribution < -0.4 is 0 Å². The van der Waals surface area contributed by atoms with Crippen LogP contribution in [0.25, 0.3) is 0 Å². The summed E-state index contributed by atoms with van der Waals surface area (Å²) in [5.74, 6) is 0. The van der Waals surface area contributed by atoms with E-state index in [1.54, 1.807) is 11.8 Å². The van der Waals surface area contributed by atoms with Crippen LogP contribution in [-0.4, -0.2) is 41.4 Å². The van der Waals surface area contributed by atoms with Gasteiger partial charge in [0.05, 0.1) is 12.2 Å². The molecule has 1 aliphatic heterocycles. The Morgan fingerprint density at radius 2 is 1.78 bits per heavy atom. The third-order valence-electron chi connectivity index (χ3n) is 3.04. The Hall–Kier alpha value is -0.580. The Bertz CT molecular complexity index is 408. The highest BCUT2D eigenvalue weighted by atomic mass is 32.2. The summed E-state index contributed by atoms with van der Waals surface area (Å²) >= 11 is 7.34. The Balaban J connectivity index is 2.09. The number of hydrogen-bond acceptors (Lipinski definition) is 3. The first-order valence-corrected chi connectivity index (χ1v) is 7.82. The maximum atomic E-state index is 5.73. The predicted molar refractivity (Wildman–Crippen MR) is 81.5 cm³/mol. The number of morpholine rings is 1. The van der Waals surface area contributed by atoms with Crippen LogP contribution in [0.2, 0.25) is 0 Å². The minimum Gasteiger partial charge on any atom is -0.372 e. The summed E-state index contributed by atoms with van der Waals surface area (Å²) in [6.07, 6.45) is 2.58. The van der Waals surface area contributed by atoms with E-state index < -0.39 is 0 Å². The van der Waals surface area contributed by atoms with Crippen LogP contribution in [0.5, 0.6) is 0 Å². The first-order valence-electron chi connectivity index (χ1n) is 6.19. The maximum Gasteiger partial charge on any atom is 0.109 e. The molecule has 98 valence electrons. The number of rotatable bonds is 2. The second kappa shape index (κ2) is 6.04. The average Bonchev–Trinajstić information content (AvgIpc) is 2.37. The molecule has 1 saturated heterocycles. The SMILES string of the molecule is CSc1ccc(C(=S)N2C[C@@H](C)O[C@@H](C)C2)cc1. The summed E-state index contributed by atoms with van der Waals surface area (Å²) < 4.78 is 5.73. The van der Waals surface area contributed by atoms with Gasteiger partial charge in [0.1, 0.15) is 4.99 Å². The Morgan fingerprint density at radius 3 is 2.28 bits per heavy atom. The first kappa shape index (κ1) is 13.8. The molecule has 0 aromatic heterocycles. The van der Waals surface area contributed by atoms with Gasteiger partial charge in [-0.05, 0) is 32.2 Å². The van der Waals surface area contributed by atoms with Crippen LogP contribution in [0.1, 0.15) is 19.4 Å². The average molecular weight is 281 g/mol. The van der Waals surface area contributed by atoms with E-state index in [2.05, 4.69) is 49.3 Å². The van der Waals surface area contributed by atoms with E-state index in [9.17, 15) is 0 Å². The summed E-state index contributed by atoms with van der Waals surface area (Å²) in [4.78, 5) is 4.46. The van der Waals surface area contributed by atoms with Gasteiger partial charge >= 0.3 is 0 Å². The predicted octanol–water partition coefficient (Wildman–Crippen LogP) is 3.19. The van der Waals surface area contributed by atoms with E-state index in [0.29, 0.717) is 0 Å². The molecule has 0 unspecified atom stereocenters. The fourth-order valence-electron chi connectivity index (χ4n) is 2.26. The highest BCUT2D eigenvalue weighted by molar-refractivity contribution is 7.98. The van der Waals surface area contributed by atoms with Crippen molar-refractivity contribution < 1.29 is 4.74 Å². The van der Waals surface area contributed by atoms with E-state index in [1.807, 2.05) is 0 Å². The molecule has 0 N–H and O–H groups in total. The molecule has 0 bridgehead atoms. The molecule has 0 amide bonds. The lowest BCUT2D eigenvalue weighted by atomic mass is 10.1. The lowest BCUT2D eigenvalue weighted by Gasteiger charge is -2.37. The van der Waals surface area contributed by atoms with Crippen molar-refractivity contribution in [2.75, 3.05) is 19.3 Å². The maximum absolute atomic E-state index is 5.73. The summed E-state index contributed by atoms with van der Waals surface area (Å²) in [5, 5.41) is 0. The molecule has 0 aliphatic carbocycles. The van der Waals surface area contributed by atoms with Gasteiger partial charge in [-0.15, -0.1) is 11.8 Å². The molecule has 1 aromatic rings. The lowest BCUT2D eigenvalue weighted by Crippen LogP contribution is -2.47. The van der Waals surface area contributed by atoms with Crippen molar-refractivity contribution in [2.45, 2.75) is 31.0 Å². The normalized spacial score (nSPS) is 24.1. The Morgan fingerprint density at radius 1 is 1.22 bits per heavy atom. The van der Waals surface area contributed by atoms with E-state index >= 15 is 0 Å². The fraction of sp³-hybridized carbons (Fsp3) is 0.500. The fourth-order valence-corrected chi connectivity index (χ4v) is 2.95. The highest BCUT2D eigenvalue weighted by Gasteiger charge is 2.24. The monoisotopic (exact) mass is 281 g/mol. The van der Waals surface area contributed by atoms with Crippen molar-refractivity contribution in [1.29, 1.82) is 0 Å². The van der Waals surface area contributed by atoms with Gasteiger partial charge in [-0.1, -0.05) is 24.4 Å². The smallest absolute Gasteiger partial charge is 0.109 e. The van der Waals surface area contributed by atoms with Gasteiger partial charge in [0.2, 0.25) is 0 Å². The van der Waals surface area contributed by atoms with Crippen LogP contribution in [0.4, 0.5) is 0 Å². The van der Waals surface area contributed by atoms with Crippen LogP contribution in [0, 0.1) is 0 Å². The second-order valence-electron chi connectivity index (χ2n) is 4.70. The van der Waals surface area contributed by atoms with Crippen LogP contribution in [0.15, 0.2) is 29.2 Å². The van der Waals surface area contributed by atoms with Crippen molar-refractivity contribution >= 4 is 29.0 Å². The number of thioether (sulfide) groups is 1. The Kier molecular flexibility index (Phi) is 4.65. The van der Waals surface area contributed by atoms with Crippen molar-refractivity contribution in [3.8, 4) is 0 Å². The van der Waals surface area contributed by atoms with Crippen molar-refractivity contribution in [3.05, 3.63) is 29.8 Å². The van der Waals surface area contributed by atoms with Crippen molar-refractivity contribution in [1.82, 2.24) is 4.90 Å². The van der Waals surface area contributed by atoms with Crippen molar-refractivity contribution in [2.24, 2.45) is 0 Å². The molecule has 0 spiro atoms. The standard InChI is InChI=1S/C14H19NOS2/c1-10-8-15(9-11(2)16-10)14(17)12-4-6-13(18-3)7-5-12/h4-7,10-11H,8-9H2,1-3H3/t10-,11+. The number of nitrogens with zero attached hydrogens (tertiary/aromatic N) is 1. The molecule has 1 heterocycles. The second-order valence-corrected chi connectivity index (χ2v) is 5.96. The third kappa shape index (κ3) is 3.25. The summed E-state index contributed by atoms with van der Waals surface area (Å²) in [7, 11) is 0. The molecule has 2 rings (SSSR count). The van der Waals surface area contributed by atoms with E-state index in [1.165, 1.54) is 4.90 Å². The van der Waals surface area contributed by atoms with Gasteiger partial charge < -0.3 is 9.64 Å². The molecule has 2 atom stereocenters. The van der Waals surface area contributed by atoms with Gasteiger partial charge in [0, 0.05) is 23.5 Å². The number of thiocarbonyl (C=S) groups is 1. The topological polar surface area (TPSA) is 12.5 Å². The quantitative estimate of drug-likeness (QED) is 0.609. The van der Waals surface area contributed by atoms with E-state index in [-0.39, 0.29) is 12.2 Å². The number of ether oxygens (including phenoxy) is 1. The highest BCUT2D eigenvalue weighted by Crippen LogP contribution is 2.18. The van der Waals surface area contributed by atoms with Gasteiger partial charge in [-0.25, -0.2) is 0 Å². The summed E-state index contributed by atoms with van der Waals surface area (Å²) in [5.41, 5.74) is 1.13. The molecular formula is C14H19NOS2. The minimum atomic E-state index is 0.247. The molecule has 0 saturated carbocycles. The van der Waals surface area contributed by atoms with Gasteiger partial charge in [0.25, 0.3) is 0 Å². The zero-order chi connectivity index (χ0) is 13.1. The van der Waals surface area contributed by atoms with Crippen LogP contribution >= 0.6 is 24.0 Å². The number of hydrogen-bond donors (Lipinski definition) is 0. The lowest BCUT2D eigenvalue weighted by molar-refractivity contribution is -0.0472. The van der Waals surface area contributed by atoms with E-state index in [4.69, 9.17) is 17.0 Å². The van der Waals surface area contributed by atoms with Gasteiger partial charge in [0.15, 0.2) is 0 Å². The molecule has 1 aromatic carbocycles. The van der Waals surface area contributed by atoms with E-state index in [0.717, 1.165) is 23.6 Å². The molecule has 4 heteroatoms. The molecule has 18 heavy (non-hydrogen) atoms. The molecule has 1 fully saturated rings. The first-order chi connectivity index (χ1) is 8.60. The van der Waals surface area contributed by atoms with Crippen molar-refractivity contribution in [3.63, 3.8) is 0 Å². The number of benzene rings is 1. The van der Waals surface area contributed by atoms with Gasteiger partial charge in [-0.2, -0.15) is 0 Å². The zero-order valence-corrected chi connectivity index (χ0v) is 12.7. The molecular weight excluding hydrogens is 262 g/mol. The summed E-state index contributed by atoms with van der Waals surface area (Å²) in [6.45, 7) is 5.96.